The molecule has 0 nitrogen and oxygen atoms in total. The van der Waals surface area contributed by atoms with Crippen LogP contribution in [0, 0.1) is 0 Å². The maximum absolute atomic E-state index is 2.49. The van der Waals surface area contributed by atoms with Crippen molar-refractivity contribution in [3.05, 3.63) is 194 Å². The summed E-state index contributed by atoms with van der Waals surface area (Å²) in [5.41, 5.74) is 5.04. The Labute approximate surface area is 333 Å². The summed E-state index contributed by atoms with van der Waals surface area (Å²) >= 11 is 0. The van der Waals surface area contributed by atoms with E-state index in [1.807, 2.05) is 0 Å². The van der Waals surface area contributed by atoms with Gasteiger partial charge in [0.15, 0.2) is 0 Å². The minimum Gasteiger partial charge on any atom is -0.0616 e. The van der Waals surface area contributed by atoms with E-state index in [1.165, 1.54) is 141 Å². The van der Waals surface area contributed by atoms with Crippen LogP contribution in [0.4, 0.5) is 0 Å². The summed E-state index contributed by atoms with van der Waals surface area (Å²) in [5, 5.41) is 28.8. The van der Waals surface area contributed by atoms with Gasteiger partial charge in [0.25, 0.3) is 0 Å². The smallest absolute Gasteiger partial charge is 0.00137 e. The lowest BCUT2D eigenvalue weighted by Crippen LogP contribution is -1.91. The van der Waals surface area contributed by atoms with Gasteiger partial charge >= 0.3 is 0 Å². The Hall–Kier alpha value is -7.54. The van der Waals surface area contributed by atoms with Crippen molar-refractivity contribution in [1.82, 2.24) is 0 Å². The summed E-state index contributed by atoms with van der Waals surface area (Å²) in [5.74, 6) is 0. The summed E-state index contributed by atoms with van der Waals surface area (Å²) in [6.07, 6.45) is 0. The van der Waals surface area contributed by atoms with Gasteiger partial charge in [-0.1, -0.05) is 182 Å². The molecule has 0 spiro atoms. The van der Waals surface area contributed by atoms with Crippen molar-refractivity contribution in [3.8, 4) is 22.3 Å². The highest BCUT2D eigenvalue weighted by atomic mass is 14.2. The first-order chi connectivity index (χ1) is 28.8. The maximum atomic E-state index is 2.49. The molecule has 0 aromatic heterocycles. The van der Waals surface area contributed by atoms with Crippen LogP contribution in [-0.4, -0.2) is 0 Å². The summed E-state index contributed by atoms with van der Waals surface area (Å²) in [4.78, 5) is 0. The molecule has 0 N–H and O–H groups in total. The van der Waals surface area contributed by atoms with E-state index in [0.717, 1.165) is 0 Å². The minimum absolute atomic E-state index is 1.24. The Kier molecular flexibility index (Phi) is 5.85. The fraction of sp³-hybridized carbons (Fsp3) is 0. The predicted octanol–water partition coefficient (Wildman–Crippen LogP) is 16.6. The molecule has 0 aliphatic carbocycles. The van der Waals surface area contributed by atoms with Gasteiger partial charge in [-0.15, -0.1) is 0 Å². The van der Waals surface area contributed by atoms with Gasteiger partial charge in [-0.05, 0) is 153 Å². The van der Waals surface area contributed by atoms with Gasteiger partial charge < -0.3 is 0 Å². The SMILES string of the molecule is c1cc2ccc3ccc(-c4ccc5c6ccc(-c7ccc8ccc9cccc%10ccc7c8c9%10)cc6c6c7ccccc7c7ccccc7c6c5c4)c4ccc(c1)c2c34. The van der Waals surface area contributed by atoms with E-state index in [1.54, 1.807) is 0 Å². The van der Waals surface area contributed by atoms with E-state index >= 15 is 0 Å². The van der Waals surface area contributed by atoms with Crippen molar-refractivity contribution in [2.24, 2.45) is 0 Å². The van der Waals surface area contributed by atoms with Crippen LogP contribution in [0.3, 0.4) is 0 Å². The second-order valence-electron chi connectivity index (χ2n) is 16.3. The zero-order valence-electron chi connectivity index (χ0n) is 31.5. The van der Waals surface area contributed by atoms with Crippen molar-refractivity contribution in [3.63, 3.8) is 0 Å². The number of benzene rings is 14. The molecule has 0 atom stereocenters. The largest absolute Gasteiger partial charge is 0.0616 e. The molecule has 0 unspecified atom stereocenters. The average Bonchev–Trinajstić information content (AvgIpc) is 3.29. The van der Waals surface area contributed by atoms with Gasteiger partial charge in [0, 0.05) is 0 Å². The summed E-state index contributed by atoms with van der Waals surface area (Å²) in [6, 6.07) is 73.5. The second-order valence-corrected chi connectivity index (χ2v) is 16.3. The Morgan fingerprint density at radius 3 is 0.931 bits per heavy atom. The Bertz CT molecular complexity index is 3770. The monoisotopic (exact) mass is 728 g/mol. The molecular formula is C58H32. The molecule has 0 saturated heterocycles. The average molecular weight is 729 g/mol. The molecule has 14 aromatic rings. The Balaban J connectivity index is 1.11. The Morgan fingerprint density at radius 2 is 0.500 bits per heavy atom. The molecule has 14 aromatic carbocycles. The highest BCUT2D eigenvalue weighted by Gasteiger charge is 2.20. The van der Waals surface area contributed by atoms with Crippen molar-refractivity contribution in [1.29, 1.82) is 0 Å². The van der Waals surface area contributed by atoms with Crippen molar-refractivity contribution in [2.75, 3.05) is 0 Å². The zero-order chi connectivity index (χ0) is 37.6. The third kappa shape index (κ3) is 3.94. The lowest BCUT2D eigenvalue weighted by atomic mass is 9.84. The van der Waals surface area contributed by atoms with Crippen LogP contribution in [-0.2, 0) is 0 Å². The van der Waals surface area contributed by atoms with Crippen LogP contribution in [0.5, 0.6) is 0 Å². The van der Waals surface area contributed by atoms with Crippen LogP contribution in [0.15, 0.2) is 194 Å². The van der Waals surface area contributed by atoms with E-state index in [9.17, 15) is 0 Å². The van der Waals surface area contributed by atoms with Crippen LogP contribution >= 0.6 is 0 Å². The molecule has 0 amide bonds. The maximum Gasteiger partial charge on any atom is -0.00137 e. The summed E-state index contributed by atoms with van der Waals surface area (Å²) in [7, 11) is 0. The molecule has 0 aliphatic heterocycles. The van der Waals surface area contributed by atoms with Gasteiger partial charge in [-0.2, -0.15) is 0 Å². The molecule has 0 aliphatic rings. The predicted molar refractivity (Wildman–Crippen MR) is 252 cm³/mol. The fourth-order valence-corrected chi connectivity index (χ4v) is 11.0. The fourth-order valence-electron chi connectivity index (χ4n) is 11.0. The first-order valence-electron chi connectivity index (χ1n) is 20.3. The number of rotatable bonds is 2. The van der Waals surface area contributed by atoms with Crippen molar-refractivity contribution in [2.45, 2.75) is 0 Å². The molecule has 0 radical (unpaired) electrons. The molecular weight excluding hydrogens is 697 g/mol. The van der Waals surface area contributed by atoms with Crippen LogP contribution < -0.4 is 0 Å². The van der Waals surface area contributed by atoms with Crippen LogP contribution in [0.1, 0.15) is 0 Å². The van der Waals surface area contributed by atoms with Gasteiger partial charge in [0.05, 0.1) is 0 Å². The lowest BCUT2D eigenvalue weighted by molar-refractivity contribution is 1.70. The van der Waals surface area contributed by atoms with Gasteiger partial charge in [-0.25, -0.2) is 0 Å². The third-order valence-corrected chi connectivity index (χ3v) is 13.5. The minimum atomic E-state index is 1.24. The Morgan fingerprint density at radius 1 is 0.172 bits per heavy atom. The topological polar surface area (TPSA) is 0 Å². The van der Waals surface area contributed by atoms with E-state index in [-0.39, 0.29) is 0 Å². The highest BCUT2D eigenvalue weighted by molar-refractivity contribution is 6.40. The number of hydrogen-bond donors (Lipinski definition) is 0. The number of hydrogen-bond acceptors (Lipinski definition) is 0. The lowest BCUT2D eigenvalue weighted by Gasteiger charge is -2.19. The van der Waals surface area contributed by atoms with Gasteiger partial charge in [0.2, 0.25) is 0 Å². The molecule has 0 saturated carbocycles. The standard InChI is InChI=1S/C58H32/c1-3-13-47-43(11-1)44-12-2-4-14-48(44)58-52-32-40(42-26-20-38-18-16-34-8-6-10-36-22-30-50(42)56(38)54(34)36)24-28-46(52)45-27-23-39(31-51(45)57(47)58)41-25-19-37-17-15-33-7-5-9-35-21-29-49(41)55(37)53(33)35/h1-32H. The molecule has 0 bridgehead atoms. The van der Waals surface area contributed by atoms with Crippen molar-refractivity contribution >= 4 is 118 Å². The molecule has 0 heteroatoms. The first kappa shape index (κ1) is 30.7. The quantitative estimate of drug-likeness (QED) is 0.156. The molecule has 58 heavy (non-hydrogen) atoms. The van der Waals surface area contributed by atoms with E-state index in [4.69, 9.17) is 0 Å². The molecule has 0 heterocycles. The zero-order valence-corrected chi connectivity index (χ0v) is 31.5. The summed E-state index contributed by atoms with van der Waals surface area (Å²) < 4.78 is 0. The molecule has 264 valence electrons. The first-order valence-corrected chi connectivity index (χ1v) is 20.3. The van der Waals surface area contributed by atoms with Crippen LogP contribution in [0.25, 0.3) is 141 Å². The molecule has 0 fully saturated rings. The highest BCUT2D eigenvalue weighted by Crippen LogP contribution is 2.48. The summed E-state index contributed by atoms with van der Waals surface area (Å²) in [6.45, 7) is 0. The van der Waals surface area contributed by atoms with Crippen LogP contribution in [0.2, 0.25) is 0 Å². The van der Waals surface area contributed by atoms with E-state index < -0.39 is 0 Å². The van der Waals surface area contributed by atoms with Gasteiger partial charge in [-0.3, -0.25) is 0 Å². The van der Waals surface area contributed by atoms with E-state index in [0.29, 0.717) is 0 Å². The normalized spacial score (nSPS) is 12.5. The third-order valence-electron chi connectivity index (χ3n) is 13.5. The van der Waals surface area contributed by atoms with Crippen molar-refractivity contribution < 1.29 is 0 Å². The molecule has 14 rings (SSSR count). The number of fused-ring (bicyclic) bond motifs is 11. The van der Waals surface area contributed by atoms with Gasteiger partial charge in [0.1, 0.15) is 0 Å². The van der Waals surface area contributed by atoms with E-state index in [2.05, 4.69) is 194 Å². The second kappa shape index (κ2) is 11.1.